The summed E-state index contributed by atoms with van der Waals surface area (Å²) in [6.45, 7) is 4.65. The molecule has 0 radical (unpaired) electrons. The van der Waals surface area contributed by atoms with Gasteiger partial charge in [0.2, 0.25) is 0 Å². The topological polar surface area (TPSA) is 60.2 Å². The number of aromatic nitrogens is 3. The first kappa shape index (κ1) is 13.1. The molecule has 0 aliphatic heterocycles. The van der Waals surface area contributed by atoms with Gasteiger partial charge in [-0.25, -0.2) is 4.98 Å². The van der Waals surface area contributed by atoms with Gasteiger partial charge in [-0.1, -0.05) is 13.3 Å². The van der Waals surface area contributed by atoms with E-state index in [1.165, 1.54) is 6.33 Å². The first-order valence-electron chi connectivity index (χ1n) is 5.81. The molecular weight excluding hydrogens is 206 g/mol. The minimum atomic E-state index is -0.511. The predicted octanol–water partition coefficient (Wildman–Crippen LogP) is 0.924. The van der Waals surface area contributed by atoms with Crippen LogP contribution >= 0.6 is 0 Å². The van der Waals surface area contributed by atoms with Crippen LogP contribution in [0.4, 0.5) is 0 Å². The maximum absolute atomic E-state index is 10.1. The van der Waals surface area contributed by atoms with Crippen LogP contribution in [-0.4, -0.2) is 38.7 Å². The lowest BCUT2D eigenvalue weighted by Gasteiger charge is -2.21. The molecular formula is C11H21N3O2. The third-order valence-electron chi connectivity index (χ3n) is 2.58. The molecule has 0 spiro atoms. The number of aryl methyl sites for hydroxylation is 1. The maximum atomic E-state index is 10.1. The summed E-state index contributed by atoms with van der Waals surface area (Å²) in [4.78, 5) is 4.09. The smallest absolute Gasteiger partial charge is 0.138 e. The Morgan fingerprint density at radius 1 is 1.50 bits per heavy atom. The van der Waals surface area contributed by atoms with Gasteiger partial charge in [0.25, 0.3) is 0 Å². The lowest BCUT2D eigenvalue weighted by atomic mass is 10.1. The van der Waals surface area contributed by atoms with Crippen LogP contribution < -0.4 is 0 Å². The second-order valence-electron chi connectivity index (χ2n) is 3.85. The largest absolute Gasteiger partial charge is 0.390 e. The SMILES string of the molecule is CCCC(OCC)C(O)Cc1ncnn1C. The van der Waals surface area contributed by atoms with E-state index >= 15 is 0 Å². The fourth-order valence-corrected chi connectivity index (χ4v) is 1.71. The van der Waals surface area contributed by atoms with Crippen LogP contribution in [0.5, 0.6) is 0 Å². The Hall–Kier alpha value is -0.940. The van der Waals surface area contributed by atoms with E-state index in [2.05, 4.69) is 17.0 Å². The highest BCUT2D eigenvalue weighted by Crippen LogP contribution is 2.11. The van der Waals surface area contributed by atoms with Gasteiger partial charge in [0.05, 0.1) is 12.2 Å². The molecule has 0 saturated heterocycles. The molecule has 0 amide bonds. The van der Waals surface area contributed by atoms with Gasteiger partial charge < -0.3 is 9.84 Å². The zero-order valence-electron chi connectivity index (χ0n) is 10.3. The third kappa shape index (κ3) is 3.57. The first-order chi connectivity index (χ1) is 7.69. The van der Waals surface area contributed by atoms with Crippen molar-refractivity contribution in [2.24, 2.45) is 7.05 Å². The summed E-state index contributed by atoms with van der Waals surface area (Å²) in [5.41, 5.74) is 0. The Bertz CT molecular complexity index is 295. The predicted molar refractivity (Wildman–Crippen MR) is 61.0 cm³/mol. The highest BCUT2D eigenvalue weighted by molar-refractivity contribution is 4.88. The molecule has 0 saturated carbocycles. The molecule has 2 atom stereocenters. The molecule has 1 rings (SSSR count). The summed E-state index contributed by atoms with van der Waals surface area (Å²) in [5.74, 6) is 0.785. The summed E-state index contributed by atoms with van der Waals surface area (Å²) in [6, 6.07) is 0. The van der Waals surface area contributed by atoms with E-state index < -0.39 is 6.10 Å². The van der Waals surface area contributed by atoms with Gasteiger partial charge in [-0.3, -0.25) is 4.68 Å². The quantitative estimate of drug-likeness (QED) is 0.752. The normalized spacial score (nSPS) is 15.0. The summed E-state index contributed by atoms with van der Waals surface area (Å²) in [5, 5.41) is 14.0. The second kappa shape index (κ2) is 6.60. The van der Waals surface area contributed by atoms with Crippen molar-refractivity contribution in [3.63, 3.8) is 0 Å². The fraction of sp³-hybridized carbons (Fsp3) is 0.818. The van der Waals surface area contributed by atoms with Crippen molar-refractivity contribution in [2.75, 3.05) is 6.61 Å². The number of rotatable bonds is 7. The van der Waals surface area contributed by atoms with Crippen molar-refractivity contribution >= 4 is 0 Å². The van der Waals surface area contributed by atoms with Crippen LogP contribution in [0.1, 0.15) is 32.5 Å². The molecule has 0 aliphatic rings. The molecule has 5 nitrogen and oxygen atoms in total. The molecule has 0 bridgehead atoms. The molecule has 0 aliphatic carbocycles. The van der Waals surface area contributed by atoms with Crippen molar-refractivity contribution < 1.29 is 9.84 Å². The molecule has 16 heavy (non-hydrogen) atoms. The standard InChI is InChI=1S/C11H21N3O2/c1-4-6-10(16-5-2)9(15)7-11-12-8-13-14(11)3/h8-10,15H,4-7H2,1-3H3. The van der Waals surface area contributed by atoms with Crippen molar-refractivity contribution in [2.45, 2.75) is 45.3 Å². The van der Waals surface area contributed by atoms with Gasteiger partial charge in [0.15, 0.2) is 0 Å². The molecule has 1 N–H and O–H groups in total. The van der Waals surface area contributed by atoms with Gasteiger partial charge in [-0.15, -0.1) is 0 Å². The monoisotopic (exact) mass is 227 g/mol. The van der Waals surface area contributed by atoms with Crippen LogP contribution in [-0.2, 0) is 18.2 Å². The second-order valence-corrected chi connectivity index (χ2v) is 3.85. The molecule has 1 heterocycles. The van der Waals surface area contributed by atoms with Gasteiger partial charge in [0, 0.05) is 20.1 Å². The van der Waals surface area contributed by atoms with Gasteiger partial charge in [-0.05, 0) is 13.3 Å². The Kier molecular flexibility index (Phi) is 5.42. The van der Waals surface area contributed by atoms with Crippen LogP contribution in [0, 0.1) is 0 Å². The lowest BCUT2D eigenvalue weighted by Crippen LogP contribution is -2.31. The number of hydrogen-bond donors (Lipinski definition) is 1. The van der Waals surface area contributed by atoms with Crippen molar-refractivity contribution in [3.05, 3.63) is 12.2 Å². The van der Waals surface area contributed by atoms with E-state index in [1.807, 2.05) is 14.0 Å². The molecule has 0 aromatic carbocycles. The molecule has 92 valence electrons. The average molecular weight is 227 g/mol. The van der Waals surface area contributed by atoms with E-state index in [4.69, 9.17) is 4.74 Å². The van der Waals surface area contributed by atoms with Crippen molar-refractivity contribution in [1.29, 1.82) is 0 Å². The lowest BCUT2D eigenvalue weighted by molar-refractivity contribution is -0.0373. The minimum Gasteiger partial charge on any atom is -0.390 e. The zero-order valence-corrected chi connectivity index (χ0v) is 10.3. The third-order valence-corrected chi connectivity index (χ3v) is 2.58. The maximum Gasteiger partial charge on any atom is 0.138 e. The van der Waals surface area contributed by atoms with E-state index in [1.54, 1.807) is 4.68 Å². The number of aliphatic hydroxyl groups excluding tert-OH is 1. The Morgan fingerprint density at radius 2 is 2.25 bits per heavy atom. The van der Waals surface area contributed by atoms with Crippen LogP contribution in [0.25, 0.3) is 0 Å². The van der Waals surface area contributed by atoms with Gasteiger partial charge in [0.1, 0.15) is 12.2 Å². The van der Waals surface area contributed by atoms with E-state index in [9.17, 15) is 5.11 Å². The number of nitrogens with zero attached hydrogens (tertiary/aromatic N) is 3. The van der Waals surface area contributed by atoms with E-state index in [0.717, 1.165) is 18.7 Å². The Morgan fingerprint density at radius 3 is 2.75 bits per heavy atom. The molecule has 2 unspecified atom stereocenters. The summed E-state index contributed by atoms with van der Waals surface area (Å²) in [7, 11) is 1.82. The van der Waals surface area contributed by atoms with Crippen LogP contribution in [0.2, 0.25) is 0 Å². The van der Waals surface area contributed by atoms with E-state index in [-0.39, 0.29) is 6.10 Å². The Labute approximate surface area is 96.5 Å². The highest BCUT2D eigenvalue weighted by atomic mass is 16.5. The summed E-state index contributed by atoms with van der Waals surface area (Å²) >= 11 is 0. The highest BCUT2D eigenvalue weighted by Gasteiger charge is 2.20. The first-order valence-corrected chi connectivity index (χ1v) is 5.81. The summed E-state index contributed by atoms with van der Waals surface area (Å²) < 4.78 is 7.20. The van der Waals surface area contributed by atoms with E-state index in [0.29, 0.717) is 13.0 Å². The molecule has 1 aromatic heterocycles. The average Bonchev–Trinajstić information content (AvgIpc) is 2.64. The molecule has 5 heteroatoms. The zero-order chi connectivity index (χ0) is 12.0. The van der Waals surface area contributed by atoms with Crippen molar-refractivity contribution in [1.82, 2.24) is 14.8 Å². The number of hydrogen-bond acceptors (Lipinski definition) is 4. The minimum absolute atomic E-state index is 0.105. The summed E-state index contributed by atoms with van der Waals surface area (Å²) in [6.07, 6.45) is 3.24. The number of ether oxygens (including phenoxy) is 1. The van der Waals surface area contributed by atoms with Gasteiger partial charge >= 0.3 is 0 Å². The van der Waals surface area contributed by atoms with Crippen molar-refractivity contribution in [3.8, 4) is 0 Å². The van der Waals surface area contributed by atoms with Gasteiger partial charge in [-0.2, -0.15) is 5.10 Å². The Balaban J connectivity index is 2.54. The van der Waals surface area contributed by atoms with Crippen LogP contribution in [0.15, 0.2) is 6.33 Å². The fourth-order valence-electron chi connectivity index (χ4n) is 1.71. The van der Waals surface area contributed by atoms with Crippen LogP contribution in [0.3, 0.4) is 0 Å². The molecule has 1 aromatic rings. The molecule has 0 fully saturated rings. The number of aliphatic hydroxyl groups is 1.